The molecule has 0 spiro atoms. The van der Waals surface area contributed by atoms with Crippen LogP contribution in [-0.2, 0) is 33.0 Å². The molecule has 0 rings (SSSR count). The fraction of sp³-hybridized carbons (Fsp3) is 0. The van der Waals surface area contributed by atoms with Crippen LogP contribution in [0.1, 0.15) is 0 Å². The summed E-state index contributed by atoms with van der Waals surface area (Å²) in [4.78, 5) is 0. The van der Waals surface area contributed by atoms with Crippen molar-refractivity contribution in [2.24, 2.45) is 0 Å². The van der Waals surface area contributed by atoms with Crippen molar-refractivity contribution in [3.8, 4) is 0 Å². The van der Waals surface area contributed by atoms with E-state index < -0.39 is 0 Å². The van der Waals surface area contributed by atoms with Crippen molar-refractivity contribution < 1.29 is 33.0 Å². The van der Waals surface area contributed by atoms with E-state index in [4.69, 9.17) is 47.3 Å². The molecule has 0 fully saturated rings. The van der Waals surface area contributed by atoms with Crippen LogP contribution in [0.15, 0.2) is 0 Å². The Kier molecular flexibility index (Phi) is 2250. The normalized spacial score (nSPS) is 0.800. The monoisotopic (exact) mass is 220 g/mol. The molecule has 0 amide bonds. The third-order valence-corrected chi connectivity index (χ3v) is 0. The van der Waals surface area contributed by atoms with Crippen LogP contribution in [-0.4, -0.2) is 0 Å². The van der Waals surface area contributed by atoms with Gasteiger partial charge in [-0.2, -0.15) is 0 Å². The molecule has 0 unspecified atom stereocenters. The minimum absolute atomic E-state index is 0. The molecule has 56 valence electrons. The van der Waals surface area contributed by atoms with Gasteiger partial charge in [0, 0.05) is 0 Å². The maximum absolute atomic E-state index is 6.25. The summed E-state index contributed by atoms with van der Waals surface area (Å²) in [5, 5.41) is 25.0. The minimum Gasteiger partial charge on any atom is -0.512 e. The Morgan fingerprint density at radius 3 is 0.400 bits per heavy atom. The van der Waals surface area contributed by atoms with Crippen LogP contribution in [0.5, 0.6) is 0 Å². The van der Waals surface area contributed by atoms with E-state index in [1.54, 1.807) is 0 Å². The second-order valence-electron chi connectivity index (χ2n) is 0. The fourth-order valence-corrected chi connectivity index (χ4v) is 0. The Hall–Kier alpha value is -1.05. The maximum atomic E-state index is 6.25. The van der Waals surface area contributed by atoms with Gasteiger partial charge in [-0.05, 0) is 0 Å². The molecule has 6 heteroatoms. The summed E-state index contributed by atoms with van der Waals surface area (Å²) in [5.74, 6) is 0. The van der Waals surface area contributed by atoms with Gasteiger partial charge in [0.2, 0.25) is 0 Å². The van der Waals surface area contributed by atoms with E-state index in [0.29, 0.717) is 0 Å². The topological polar surface area (TPSA) is 95.2 Å². The predicted molar refractivity (Wildman–Crippen MR) is 19.9 cm³/mol. The van der Waals surface area contributed by atoms with Crippen molar-refractivity contribution in [3.05, 3.63) is 26.3 Å². The van der Waals surface area contributed by atoms with Crippen LogP contribution in [0.4, 0.5) is 0 Å². The molecule has 0 aromatic carbocycles. The first-order chi connectivity index (χ1) is 4.00. The molecule has 0 aromatic rings. The largest absolute Gasteiger partial charge is 2.00 e. The smallest absolute Gasteiger partial charge is 0.512 e. The Balaban J connectivity index is -0.00000000500. The Labute approximate surface area is 80.5 Å². The number of hydrogen-bond donors (Lipinski definition) is 0. The predicted octanol–water partition coefficient (Wildman–Crippen LogP) is 0.380. The summed E-state index contributed by atoms with van der Waals surface area (Å²) in [6.07, 6.45) is 0. The molecule has 0 saturated heterocycles. The van der Waals surface area contributed by atoms with Gasteiger partial charge < -0.3 is 47.3 Å². The number of hydrogen-bond acceptors (Lipinski definition) is 4. The average molecular weight is 221 g/mol. The molecular formula is C4N4Ni2. The van der Waals surface area contributed by atoms with E-state index in [-0.39, 0.29) is 33.0 Å². The van der Waals surface area contributed by atoms with Gasteiger partial charge in [-0.15, -0.1) is 0 Å². The summed E-state index contributed by atoms with van der Waals surface area (Å²) in [5.41, 5.74) is 0. The van der Waals surface area contributed by atoms with Crippen LogP contribution in [0, 0.1) is 47.3 Å². The van der Waals surface area contributed by atoms with Crippen molar-refractivity contribution >= 4 is 0 Å². The molecule has 0 radical (unpaired) electrons. The molecule has 10 heavy (non-hydrogen) atoms. The molecule has 0 aliphatic carbocycles. The molecular weight excluding hydrogens is 221 g/mol. The standard InChI is InChI=1S/4CN.2Ni/c4*1-2;;/q4*-1;2*+2. The van der Waals surface area contributed by atoms with Crippen molar-refractivity contribution in [3.63, 3.8) is 0 Å². The summed E-state index contributed by atoms with van der Waals surface area (Å²) in [6, 6.07) is 0. The van der Waals surface area contributed by atoms with E-state index in [9.17, 15) is 0 Å². The Morgan fingerprint density at radius 2 is 0.400 bits per heavy atom. The minimum atomic E-state index is 0. The van der Waals surface area contributed by atoms with Crippen LogP contribution >= 0.6 is 0 Å². The first-order valence-corrected chi connectivity index (χ1v) is 0.894. The van der Waals surface area contributed by atoms with Crippen LogP contribution < -0.4 is 0 Å². The first-order valence-electron chi connectivity index (χ1n) is 0.894. The van der Waals surface area contributed by atoms with Crippen molar-refractivity contribution in [1.29, 1.82) is 21.0 Å². The summed E-state index contributed by atoms with van der Waals surface area (Å²) >= 11 is 0. The van der Waals surface area contributed by atoms with Gasteiger partial charge >= 0.3 is 33.0 Å². The van der Waals surface area contributed by atoms with Gasteiger partial charge in [-0.1, -0.05) is 0 Å². The number of rotatable bonds is 0. The Bertz CT molecular complexity index is 58.2. The van der Waals surface area contributed by atoms with Crippen molar-refractivity contribution in [1.82, 2.24) is 0 Å². The van der Waals surface area contributed by atoms with Crippen molar-refractivity contribution in [2.45, 2.75) is 0 Å². The molecule has 0 bridgehead atoms. The van der Waals surface area contributed by atoms with Crippen molar-refractivity contribution in [2.75, 3.05) is 0 Å². The van der Waals surface area contributed by atoms with E-state index in [0.717, 1.165) is 0 Å². The van der Waals surface area contributed by atoms with Crippen LogP contribution in [0.3, 0.4) is 0 Å². The van der Waals surface area contributed by atoms with E-state index in [1.807, 2.05) is 0 Å². The molecule has 0 aliphatic heterocycles. The van der Waals surface area contributed by atoms with Gasteiger partial charge in [0.1, 0.15) is 0 Å². The SMILES string of the molecule is [C-]#N.[C-]#N.[C-]#N.[C-]#N.[Ni+2].[Ni+2]. The zero-order chi connectivity index (χ0) is 8.00. The molecule has 0 heterocycles. The van der Waals surface area contributed by atoms with Crippen LogP contribution in [0.25, 0.3) is 0 Å². The first kappa shape index (κ1) is 65.1. The van der Waals surface area contributed by atoms with Gasteiger partial charge in [-0.25, -0.2) is 0 Å². The quantitative estimate of drug-likeness (QED) is 0.436. The van der Waals surface area contributed by atoms with Gasteiger partial charge in [0.05, 0.1) is 0 Å². The third kappa shape index (κ3) is 222. The average Bonchev–Trinajstić information content (AvgIpc) is 2.03. The second kappa shape index (κ2) is 346. The van der Waals surface area contributed by atoms with Crippen LogP contribution in [0.2, 0.25) is 0 Å². The molecule has 0 aromatic heterocycles. The van der Waals surface area contributed by atoms with Gasteiger partial charge in [0.15, 0.2) is 0 Å². The van der Waals surface area contributed by atoms with E-state index in [2.05, 4.69) is 0 Å². The molecule has 0 saturated carbocycles. The third-order valence-electron chi connectivity index (χ3n) is 0. The fourth-order valence-electron chi connectivity index (χ4n) is 0. The summed E-state index contributed by atoms with van der Waals surface area (Å²) in [6.45, 7) is 19.0. The zero-order valence-corrected chi connectivity index (χ0v) is 6.40. The van der Waals surface area contributed by atoms with Gasteiger partial charge in [0.25, 0.3) is 0 Å². The molecule has 0 N–H and O–H groups in total. The zero-order valence-electron chi connectivity index (χ0n) is 4.42. The molecule has 0 aliphatic rings. The number of nitrogens with zero attached hydrogens (tertiary/aromatic N) is 4. The summed E-state index contributed by atoms with van der Waals surface area (Å²) in [7, 11) is 0. The second-order valence-corrected chi connectivity index (χ2v) is 0. The van der Waals surface area contributed by atoms with E-state index >= 15 is 0 Å². The van der Waals surface area contributed by atoms with E-state index in [1.165, 1.54) is 0 Å². The molecule has 0 atom stereocenters. The molecule has 4 nitrogen and oxygen atoms in total. The summed E-state index contributed by atoms with van der Waals surface area (Å²) < 4.78 is 0. The Morgan fingerprint density at radius 1 is 0.400 bits per heavy atom. The maximum Gasteiger partial charge on any atom is 2.00 e. The van der Waals surface area contributed by atoms with Gasteiger partial charge in [-0.3, -0.25) is 0 Å².